The molecule has 1 aromatic carbocycles. The van der Waals surface area contributed by atoms with Gasteiger partial charge in [0, 0.05) is 27.2 Å². The molecule has 5 nitrogen and oxygen atoms in total. The molecule has 24 heavy (non-hydrogen) atoms. The average molecular weight is 445 g/mol. The Morgan fingerprint density at radius 2 is 2.04 bits per heavy atom. The van der Waals surface area contributed by atoms with E-state index in [1.54, 1.807) is 26.1 Å². The fourth-order valence-corrected chi connectivity index (χ4v) is 2.12. The third kappa shape index (κ3) is 7.81. The molecule has 0 aliphatic rings. The molecule has 0 heterocycles. The van der Waals surface area contributed by atoms with Crippen molar-refractivity contribution in [2.75, 3.05) is 27.2 Å². The molecular weight excluding hydrogens is 417 g/mol. The summed E-state index contributed by atoms with van der Waals surface area (Å²) >= 11 is 0. The molecule has 0 radical (unpaired) electrons. The van der Waals surface area contributed by atoms with E-state index in [-0.39, 0.29) is 29.9 Å². The van der Waals surface area contributed by atoms with Crippen LogP contribution in [0.1, 0.15) is 35.7 Å². The normalized spacial score (nSPS) is 10.5. The lowest BCUT2D eigenvalue weighted by atomic mass is 10.1. The number of nitrogens with zero attached hydrogens (tertiary/aromatic N) is 2. The van der Waals surface area contributed by atoms with E-state index in [1.165, 1.54) is 0 Å². The summed E-state index contributed by atoms with van der Waals surface area (Å²) in [4.78, 5) is 18.0. The quantitative estimate of drug-likeness (QED) is 0.166. The number of esters is 1. The lowest BCUT2D eigenvalue weighted by Gasteiger charge is -2.21. The largest absolute Gasteiger partial charge is 0.462 e. The standard InChI is InChI=1S/C18H27N3O2.HI/c1-5-7-8-13-21(4)18(19-3)20-14-15-9-11-16(12-10-15)17(22)23-6-2;/h5,9-12H,1,6-8,13-14H2,2-4H3,(H,19,20);1H. The van der Waals surface area contributed by atoms with Crippen LogP contribution in [0.2, 0.25) is 0 Å². The fourth-order valence-electron chi connectivity index (χ4n) is 2.12. The van der Waals surface area contributed by atoms with E-state index in [0.717, 1.165) is 30.9 Å². The number of allylic oxidation sites excluding steroid dienone is 1. The minimum absolute atomic E-state index is 0. The van der Waals surface area contributed by atoms with Gasteiger partial charge >= 0.3 is 5.97 Å². The first kappa shape index (κ1) is 22.4. The van der Waals surface area contributed by atoms with E-state index in [9.17, 15) is 4.79 Å². The second-order valence-electron chi connectivity index (χ2n) is 5.17. The monoisotopic (exact) mass is 445 g/mol. The Morgan fingerprint density at radius 3 is 2.58 bits per heavy atom. The first-order chi connectivity index (χ1) is 11.1. The van der Waals surface area contributed by atoms with Gasteiger partial charge in [-0.3, -0.25) is 4.99 Å². The predicted molar refractivity (Wildman–Crippen MR) is 110 cm³/mol. The number of carbonyl (C=O) groups excluding carboxylic acids is 1. The molecule has 0 bridgehead atoms. The number of aliphatic imine (C=N–C) groups is 1. The number of hydrogen-bond donors (Lipinski definition) is 1. The summed E-state index contributed by atoms with van der Waals surface area (Å²) in [6, 6.07) is 7.41. The molecule has 0 aliphatic heterocycles. The maximum absolute atomic E-state index is 11.6. The van der Waals surface area contributed by atoms with Crippen LogP contribution in [0.4, 0.5) is 0 Å². The lowest BCUT2D eigenvalue weighted by molar-refractivity contribution is 0.0526. The molecule has 0 fully saturated rings. The molecule has 1 rings (SSSR count). The molecule has 0 unspecified atom stereocenters. The number of nitrogens with one attached hydrogen (secondary N) is 1. The predicted octanol–water partition coefficient (Wildman–Crippen LogP) is 3.45. The van der Waals surface area contributed by atoms with Crippen LogP contribution in [0.15, 0.2) is 41.9 Å². The fraction of sp³-hybridized carbons (Fsp3) is 0.444. The van der Waals surface area contributed by atoms with Crippen LogP contribution in [-0.4, -0.2) is 44.1 Å². The van der Waals surface area contributed by atoms with Crippen molar-refractivity contribution >= 4 is 35.9 Å². The maximum Gasteiger partial charge on any atom is 0.338 e. The van der Waals surface area contributed by atoms with E-state index in [0.29, 0.717) is 18.7 Å². The zero-order valence-electron chi connectivity index (χ0n) is 14.7. The Balaban J connectivity index is 0.00000529. The number of hydrogen-bond acceptors (Lipinski definition) is 3. The van der Waals surface area contributed by atoms with Crippen LogP contribution in [-0.2, 0) is 11.3 Å². The lowest BCUT2D eigenvalue weighted by Crippen LogP contribution is -2.38. The number of benzene rings is 1. The molecule has 0 saturated heterocycles. The third-order valence-electron chi connectivity index (χ3n) is 3.39. The van der Waals surface area contributed by atoms with Gasteiger partial charge in [-0.2, -0.15) is 0 Å². The Morgan fingerprint density at radius 1 is 1.38 bits per heavy atom. The van der Waals surface area contributed by atoms with Crippen LogP contribution in [0.5, 0.6) is 0 Å². The number of halogens is 1. The van der Waals surface area contributed by atoms with Crippen molar-refractivity contribution in [1.29, 1.82) is 0 Å². The molecule has 0 aliphatic carbocycles. The molecule has 0 amide bonds. The summed E-state index contributed by atoms with van der Waals surface area (Å²) in [5, 5.41) is 3.32. The molecule has 1 aromatic rings. The highest BCUT2D eigenvalue weighted by molar-refractivity contribution is 14.0. The summed E-state index contributed by atoms with van der Waals surface area (Å²) in [6.45, 7) is 7.50. The van der Waals surface area contributed by atoms with Crippen molar-refractivity contribution in [1.82, 2.24) is 10.2 Å². The van der Waals surface area contributed by atoms with E-state index < -0.39 is 0 Å². The molecule has 0 atom stereocenters. The second kappa shape index (κ2) is 12.8. The number of guanidine groups is 1. The van der Waals surface area contributed by atoms with E-state index in [4.69, 9.17) is 4.74 Å². The highest BCUT2D eigenvalue weighted by atomic mass is 127. The molecule has 1 N–H and O–H groups in total. The van der Waals surface area contributed by atoms with Gasteiger partial charge in [0.25, 0.3) is 0 Å². The molecule has 0 spiro atoms. The van der Waals surface area contributed by atoms with Crippen LogP contribution in [0.25, 0.3) is 0 Å². The Hall–Kier alpha value is -1.57. The van der Waals surface area contributed by atoms with E-state index >= 15 is 0 Å². The van der Waals surface area contributed by atoms with E-state index in [1.807, 2.05) is 25.3 Å². The summed E-state index contributed by atoms with van der Waals surface area (Å²) in [7, 11) is 3.79. The minimum Gasteiger partial charge on any atom is -0.462 e. The number of unbranched alkanes of at least 4 members (excludes halogenated alkanes) is 1. The summed E-state index contributed by atoms with van der Waals surface area (Å²) in [5.41, 5.74) is 1.65. The van der Waals surface area contributed by atoms with Crippen molar-refractivity contribution in [3.63, 3.8) is 0 Å². The molecule has 134 valence electrons. The minimum atomic E-state index is -0.287. The number of ether oxygens (including phenoxy) is 1. The van der Waals surface area contributed by atoms with Crippen molar-refractivity contribution in [2.24, 2.45) is 4.99 Å². The average Bonchev–Trinajstić information content (AvgIpc) is 2.56. The van der Waals surface area contributed by atoms with Gasteiger partial charge in [0.05, 0.1) is 12.2 Å². The van der Waals surface area contributed by atoms with Gasteiger partial charge in [-0.1, -0.05) is 18.2 Å². The maximum atomic E-state index is 11.6. The van der Waals surface area contributed by atoms with Crippen molar-refractivity contribution in [3.05, 3.63) is 48.0 Å². The summed E-state index contributed by atoms with van der Waals surface area (Å²) in [6.07, 6.45) is 3.97. The van der Waals surface area contributed by atoms with Crippen molar-refractivity contribution in [3.8, 4) is 0 Å². The van der Waals surface area contributed by atoms with Crippen molar-refractivity contribution < 1.29 is 9.53 Å². The van der Waals surface area contributed by atoms with E-state index in [2.05, 4.69) is 21.8 Å². The zero-order valence-corrected chi connectivity index (χ0v) is 17.1. The smallest absolute Gasteiger partial charge is 0.338 e. The molecular formula is C18H28IN3O2. The zero-order chi connectivity index (χ0) is 17.1. The second-order valence-corrected chi connectivity index (χ2v) is 5.17. The first-order valence-corrected chi connectivity index (χ1v) is 7.91. The van der Waals surface area contributed by atoms with Gasteiger partial charge in [-0.05, 0) is 37.5 Å². The third-order valence-corrected chi connectivity index (χ3v) is 3.39. The topological polar surface area (TPSA) is 53.9 Å². The molecule has 6 heteroatoms. The molecule has 0 aromatic heterocycles. The van der Waals surface area contributed by atoms with Gasteiger partial charge in [0.1, 0.15) is 0 Å². The summed E-state index contributed by atoms with van der Waals surface area (Å²) in [5.74, 6) is 0.563. The Labute approximate surface area is 162 Å². The van der Waals surface area contributed by atoms with Crippen molar-refractivity contribution in [2.45, 2.75) is 26.3 Å². The van der Waals surface area contributed by atoms with Gasteiger partial charge in [-0.25, -0.2) is 4.79 Å². The Kier molecular flexibility index (Phi) is 12.0. The highest BCUT2D eigenvalue weighted by Crippen LogP contribution is 2.06. The molecule has 0 saturated carbocycles. The van der Waals surface area contributed by atoms with Gasteiger partial charge in [0.2, 0.25) is 0 Å². The van der Waals surface area contributed by atoms with Gasteiger partial charge < -0.3 is 15.0 Å². The highest BCUT2D eigenvalue weighted by Gasteiger charge is 2.07. The van der Waals surface area contributed by atoms with Crippen LogP contribution >= 0.6 is 24.0 Å². The summed E-state index contributed by atoms with van der Waals surface area (Å²) < 4.78 is 4.97. The van der Waals surface area contributed by atoms with Crippen LogP contribution in [0.3, 0.4) is 0 Å². The Bertz CT molecular complexity index is 530. The first-order valence-electron chi connectivity index (χ1n) is 7.91. The van der Waals surface area contributed by atoms with Gasteiger partial charge in [-0.15, -0.1) is 30.6 Å². The SMILES string of the molecule is C=CCCCN(C)C(=NC)NCc1ccc(C(=O)OCC)cc1.I. The van der Waals surface area contributed by atoms with Crippen LogP contribution in [0, 0.1) is 0 Å². The van der Waals surface area contributed by atoms with Gasteiger partial charge in [0.15, 0.2) is 5.96 Å². The number of carbonyl (C=O) groups is 1. The van der Waals surface area contributed by atoms with Crippen LogP contribution < -0.4 is 5.32 Å². The number of rotatable bonds is 8.